The fourth-order valence-corrected chi connectivity index (χ4v) is 4.54. The van der Waals surface area contributed by atoms with E-state index in [-0.39, 0.29) is 10.8 Å². The molecule has 6 heteroatoms. The van der Waals surface area contributed by atoms with E-state index in [0.29, 0.717) is 23.4 Å². The number of aryl methyl sites for hydroxylation is 3. The molecule has 5 nitrogen and oxygen atoms in total. The number of hydrogen-bond donors (Lipinski definition) is 2. The van der Waals surface area contributed by atoms with Gasteiger partial charge in [-0.15, -0.1) is 0 Å². The van der Waals surface area contributed by atoms with Crippen LogP contribution in [0.1, 0.15) is 33.5 Å². The Kier molecular flexibility index (Phi) is 6.90. The van der Waals surface area contributed by atoms with Crippen LogP contribution in [-0.4, -0.2) is 20.9 Å². The van der Waals surface area contributed by atoms with Gasteiger partial charge in [-0.05, 0) is 62.1 Å². The topological polar surface area (TPSA) is 75.3 Å². The van der Waals surface area contributed by atoms with Crippen molar-refractivity contribution < 1.29 is 13.2 Å². The molecule has 3 aromatic carbocycles. The van der Waals surface area contributed by atoms with Crippen molar-refractivity contribution in [2.45, 2.75) is 31.6 Å². The lowest BCUT2D eigenvalue weighted by Crippen LogP contribution is -2.25. The molecule has 156 valence electrons. The van der Waals surface area contributed by atoms with Crippen molar-refractivity contribution in [3.63, 3.8) is 0 Å². The Balaban J connectivity index is 1.64. The van der Waals surface area contributed by atoms with E-state index in [1.54, 1.807) is 43.3 Å². The van der Waals surface area contributed by atoms with Gasteiger partial charge in [0.2, 0.25) is 0 Å². The highest BCUT2D eigenvalue weighted by atomic mass is 32.2. The monoisotopic (exact) mass is 422 g/mol. The van der Waals surface area contributed by atoms with Crippen LogP contribution < -0.4 is 10.0 Å². The largest absolute Gasteiger partial charge is 0.352 e. The molecule has 0 aromatic heterocycles. The zero-order chi connectivity index (χ0) is 21.6. The number of anilines is 1. The maximum atomic E-state index is 12.8. The summed E-state index contributed by atoms with van der Waals surface area (Å²) in [5, 5.41) is 2.88. The fraction of sp³-hybridized carbons (Fsp3) is 0.208. The number of nitrogens with one attached hydrogen (secondary N) is 2. The number of para-hydroxylation sites is 1. The smallest absolute Gasteiger partial charge is 0.262 e. The SMILES string of the molecule is Cc1cccc(CCCNC(=O)c2ccc(C)c(S(=O)(=O)Nc3ccccc3)c2)c1. The summed E-state index contributed by atoms with van der Waals surface area (Å²) in [5.41, 5.74) is 3.83. The highest BCUT2D eigenvalue weighted by Gasteiger charge is 2.19. The van der Waals surface area contributed by atoms with Crippen LogP contribution in [0.3, 0.4) is 0 Å². The molecule has 0 heterocycles. The highest BCUT2D eigenvalue weighted by Crippen LogP contribution is 2.21. The number of sulfonamides is 1. The molecule has 0 aliphatic carbocycles. The Hall–Kier alpha value is -3.12. The van der Waals surface area contributed by atoms with Crippen LogP contribution in [0, 0.1) is 13.8 Å². The molecule has 3 aromatic rings. The standard InChI is InChI=1S/C24H26N2O3S/c1-18-8-6-9-20(16-18)10-7-15-25-24(27)21-14-13-19(2)23(17-21)30(28,29)26-22-11-4-3-5-12-22/h3-6,8-9,11-14,16-17,26H,7,10,15H2,1-2H3,(H,25,27). The second-order valence-corrected chi connectivity index (χ2v) is 8.95. The second-order valence-electron chi connectivity index (χ2n) is 7.30. The van der Waals surface area contributed by atoms with Crippen molar-refractivity contribution in [2.75, 3.05) is 11.3 Å². The third-order valence-corrected chi connectivity index (χ3v) is 6.30. The first-order valence-corrected chi connectivity index (χ1v) is 11.4. The summed E-state index contributed by atoms with van der Waals surface area (Å²) >= 11 is 0. The van der Waals surface area contributed by atoms with Crippen LogP contribution >= 0.6 is 0 Å². The lowest BCUT2D eigenvalue weighted by molar-refractivity contribution is 0.0953. The second kappa shape index (κ2) is 9.59. The Morgan fingerprint density at radius 3 is 2.40 bits per heavy atom. The molecule has 0 radical (unpaired) electrons. The van der Waals surface area contributed by atoms with Gasteiger partial charge in [0.25, 0.3) is 15.9 Å². The van der Waals surface area contributed by atoms with Crippen molar-refractivity contribution in [3.05, 3.63) is 95.1 Å². The minimum atomic E-state index is -3.80. The minimum absolute atomic E-state index is 0.0961. The Morgan fingerprint density at radius 1 is 0.900 bits per heavy atom. The van der Waals surface area contributed by atoms with E-state index in [2.05, 4.69) is 35.2 Å². The van der Waals surface area contributed by atoms with Gasteiger partial charge in [-0.1, -0.05) is 54.1 Å². The van der Waals surface area contributed by atoms with Gasteiger partial charge >= 0.3 is 0 Å². The number of rotatable bonds is 8. The maximum absolute atomic E-state index is 12.8. The number of benzene rings is 3. The predicted molar refractivity (Wildman–Crippen MR) is 120 cm³/mol. The van der Waals surface area contributed by atoms with E-state index < -0.39 is 10.0 Å². The van der Waals surface area contributed by atoms with Crippen LogP contribution in [0.25, 0.3) is 0 Å². The van der Waals surface area contributed by atoms with Gasteiger partial charge in [0.1, 0.15) is 0 Å². The Morgan fingerprint density at radius 2 is 1.67 bits per heavy atom. The minimum Gasteiger partial charge on any atom is -0.352 e. The molecule has 30 heavy (non-hydrogen) atoms. The summed E-state index contributed by atoms with van der Waals surface area (Å²) < 4.78 is 28.2. The van der Waals surface area contributed by atoms with E-state index in [9.17, 15) is 13.2 Å². The summed E-state index contributed by atoms with van der Waals surface area (Å²) in [6.45, 7) is 4.29. The van der Waals surface area contributed by atoms with E-state index in [0.717, 1.165) is 12.8 Å². The first kappa shape index (κ1) is 21.6. The number of carbonyl (C=O) groups is 1. The average molecular weight is 423 g/mol. The third kappa shape index (κ3) is 5.70. The first-order chi connectivity index (χ1) is 14.3. The van der Waals surface area contributed by atoms with Crippen molar-refractivity contribution in [1.29, 1.82) is 0 Å². The van der Waals surface area contributed by atoms with Crippen molar-refractivity contribution in [1.82, 2.24) is 5.32 Å². The summed E-state index contributed by atoms with van der Waals surface area (Å²) in [5.74, 6) is -0.282. The zero-order valence-electron chi connectivity index (χ0n) is 17.2. The molecule has 3 rings (SSSR count). The van der Waals surface area contributed by atoms with Crippen LogP contribution in [0.4, 0.5) is 5.69 Å². The van der Waals surface area contributed by atoms with Crippen LogP contribution in [0.5, 0.6) is 0 Å². The molecule has 1 amide bonds. The van der Waals surface area contributed by atoms with Gasteiger partial charge in [-0.3, -0.25) is 9.52 Å². The lowest BCUT2D eigenvalue weighted by Gasteiger charge is -2.12. The van der Waals surface area contributed by atoms with Gasteiger partial charge in [0, 0.05) is 17.8 Å². The summed E-state index contributed by atoms with van der Waals surface area (Å²) in [7, 11) is -3.80. The predicted octanol–water partition coefficient (Wildman–Crippen LogP) is 4.47. The number of carbonyl (C=O) groups excluding carboxylic acids is 1. The van der Waals surface area contributed by atoms with Gasteiger partial charge in [0.05, 0.1) is 4.90 Å². The molecular weight excluding hydrogens is 396 g/mol. The molecule has 0 fully saturated rings. The van der Waals surface area contributed by atoms with Crippen LogP contribution in [0.15, 0.2) is 77.7 Å². The van der Waals surface area contributed by atoms with Gasteiger partial charge in [0.15, 0.2) is 0 Å². The van der Waals surface area contributed by atoms with Crippen molar-refractivity contribution >= 4 is 21.6 Å². The van der Waals surface area contributed by atoms with Crippen molar-refractivity contribution in [2.24, 2.45) is 0 Å². The van der Waals surface area contributed by atoms with Gasteiger partial charge in [-0.2, -0.15) is 0 Å². The van der Waals surface area contributed by atoms with Crippen molar-refractivity contribution in [3.8, 4) is 0 Å². The summed E-state index contributed by atoms with van der Waals surface area (Å²) in [6.07, 6.45) is 1.68. The Labute approximate surface area is 178 Å². The highest BCUT2D eigenvalue weighted by molar-refractivity contribution is 7.92. The van der Waals surface area contributed by atoms with E-state index in [1.165, 1.54) is 17.2 Å². The molecule has 0 unspecified atom stereocenters. The van der Waals surface area contributed by atoms with Crippen LogP contribution in [0.2, 0.25) is 0 Å². The van der Waals surface area contributed by atoms with E-state index >= 15 is 0 Å². The third-order valence-electron chi connectivity index (χ3n) is 4.78. The Bertz CT molecular complexity index is 1130. The average Bonchev–Trinajstić information content (AvgIpc) is 2.72. The van der Waals surface area contributed by atoms with E-state index in [1.807, 2.05) is 12.1 Å². The number of amides is 1. The first-order valence-electron chi connectivity index (χ1n) is 9.87. The molecule has 0 saturated carbocycles. The normalized spacial score (nSPS) is 11.1. The summed E-state index contributed by atoms with van der Waals surface area (Å²) in [6, 6.07) is 21.7. The van der Waals surface area contributed by atoms with E-state index in [4.69, 9.17) is 0 Å². The number of hydrogen-bond acceptors (Lipinski definition) is 3. The van der Waals surface area contributed by atoms with Crippen LogP contribution in [-0.2, 0) is 16.4 Å². The molecular formula is C24H26N2O3S. The lowest BCUT2D eigenvalue weighted by atomic mass is 10.1. The quantitative estimate of drug-likeness (QED) is 0.526. The molecule has 0 spiro atoms. The molecule has 0 aliphatic heterocycles. The molecule has 2 N–H and O–H groups in total. The maximum Gasteiger partial charge on any atom is 0.262 e. The van der Waals surface area contributed by atoms with Gasteiger partial charge < -0.3 is 5.32 Å². The van der Waals surface area contributed by atoms with Gasteiger partial charge in [-0.25, -0.2) is 8.42 Å². The molecule has 0 aliphatic rings. The molecule has 0 atom stereocenters. The zero-order valence-corrected chi connectivity index (χ0v) is 18.0. The fourth-order valence-electron chi connectivity index (χ4n) is 3.21. The molecule has 0 saturated heterocycles. The molecule has 0 bridgehead atoms. The summed E-state index contributed by atoms with van der Waals surface area (Å²) in [4.78, 5) is 12.6.